The lowest BCUT2D eigenvalue weighted by Gasteiger charge is -2.17. The molecule has 0 spiro atoms. The fourth-order valence-corrected chi connectivity index (χ4v) is 4.86. The molecule has 1 saturated heterocycles. The summed E-state index contributed by atoms with van der Waals surface area (Å²) in [6.45, 7) is 2.27. The van der Waals surface area contributed by atoms with Gasteiger partial charge in [0.05, 0.1) is 22.2 Å². The first-order valence-electron chi connectivity index (χ1n) is 8.93. The SMILES string of the molecule is O=C(CSc1nc2ccccc2s1)NN=Cc1ccc(N2CCCC2)cc1. The van der Waals surface area contributed by atoms with Gasteiger partial charge in [-0.15, -0.1) is 11.3 Å². The maximum atomic E-state index is 12.0. The number of hydrogen-bond donors (Lipinski definition) is 1. The van der Waals surface area contributed by atoms with E-state index in [1.54, 1.807) is 17.6 Å². The average Bonchev–Trinajstić information content (AvgIpc) is 3.36. The highest BCUT2D eigenvalue weighted by Crippen LogP contribution is 2.29. The van der Waals surface area contributed by atoms with E-state index in [2.05, 4.69) is 32.5 Å². The summed E-state index contributed by atoms with van der Waals surface area (Å²) in [4.78, 5) is 18.9. The van der Waals surface area contributed by atoms with Crippen LogP contribution in [0.25, 0.3) is 10.2 Å². The van der Waals surface area contributed by atoms with Crippen molar-refractivity contribution in [1.29, 1.82) is 0 Å². The zero-order valence-electron chi connectivity index (χ0n) is 14.8. The van der Waals surface area contributed by atoms with E-state index < -0.39 is 0 Å². The number of nitrogens with one attached hydrogen (secondary N) is 1. The summed E-state index contributed by atoms with van der Waals surface area (Å²) in [6, 6.07) is 16.3. The van der Waals surface area contributed by atoms with Crippen molar-refractivity contribution in [3.63, 3.8) is 0 Å². The molecule has 1 aromatic heterocycles. The summed E-state index contributed by atoms with van der Waals surface area (Å²) in [5.74, 6) is 0.162. The molecule has 1 aliphatic heterocycles. The molecule has 1 fully saturated rings. The second-order valence-electron chi connectivity index (χ2n) is 6.32. The molecule has 0 radical (unpaired) electrons. The van der Waals surface area contributed by atoms with Gasteiger partial charge in [-0.3, -0.25) is 4.79 Å². The Bertz CT molecular complexity index is 913. The minimum Gasteiger partial charge on any atom is -0.372 e. The summed E-state index contributed by atoms with van der Waals surface area (Å²) in [5, 5.41) is 4.06. The van der Waals surface area contributed by atoms with Crippen molar-refractivity contribution in [3.8, 4) is 0 Å². The molecular weight excluding hydrogens is 376 g/mol. The third kappa shape index (κ3) is 4.67. The van der Waals surface area contributed by atoms with Crippen LogP contribution in [0.2, 0.25) is 0 Å². The highest BCUT2D eigenvalue weighted by atomic mass is 32.2. The zero-order chi connectivity index (χ0) is 18.5. The van der Waals surface area contributed by atoms with Gasteiger partial charge in [-0.05, 0) is 42.7 Å². The number of hydrazone groups is 1. The van der Waals surface area contributed by atoms with E-state index in [9.17, 15) is 4.79 Å². The molecule has 1 amide bonds. The van der Waals surface area contributed by atoms with E-state index in [1.807, 2.05) is 36.4 Å². The monoisotopic (exact) mass is 396 g/mol. The Morgan fingerprint density at radius 1 is 1.19 bits per heavy atom. The van der Waals surface area contributed by atoms with Gasteiger partial charge in [-0.2, -0.15) is 5.10 Å². The summed E-state index contributed by atoms with van der Waals surface area (Å²) in [7, 11) is 0. The van der Waals surface area contributed by atoms with Gasteiger partial charge < -0.3 is 4.90 Å². The molecule has 0 saturated carbocycles. The number of amides is 1. The van der Waals surface area contributed by atoms with Gasteiger partial charge in [0.1, 0.15) is 0 Å². The minimum atomic E-state index is -0.135. The van der Waals surface area contributed by atoms with E-state index in [0.29, 0.717) is 5.75 Å². The van der Waals surface area contributed by atoms with Crippen LogP contribution >= 0.6 is 23.1 Å². The molecule has 27 heavy (non-hydrogen) atoms. The summed E-state index contributed by atoms with van der Waals surface area (Å²) in [5.41, 5.74) is 5.77. The Hall–Kier alpha value is -2.38. The number of aromatic nitrogens is 1. The van der Waals surface area contributed by atoms with E-state index in [4.69, 9.17) is 0 Å². The van der Waals surface area contributed by atoms with Gasteiger partial charge in [-0.1, -0.05) is 36.0 Å². The van der Waals surface area contributed by atoms with Gasteiger partial charge in [0.15, 0.2) is 4.34 Å². The van der Waals surface area contributed by atoms with Crippen LogP contribution in [-0.2, 0) is 4.79 Å². The molecule has 1 N–H and O–H groups in total. The molecule has 3 aromatic rings. The summed E-state index contributed by atoms with van der Waals surface area (Å²) >= 11 is 3.03. The van der Waals surface area contributed by atoms with Crippen LogP contribution in [-0.4, -0.2) is 35.9 Å². The first kappa shape index (κ1) is 18.0. The predicted octanol–water partition coefficient (Wildman–Crippen LogP) is 4.14. The number of benzene rings is 2. The largest absolute Gasteiger partial charge is 0.372 e. The van der Waals surface area contributed by atoms with Crippen molar-refractivity contribution in [2.45, 2.75) is 17.2 Å². The van der Waals surface area contributed by atoms with E-state index in [0.717, 1.165) is 33.2 Å². The molecular formula is C20H20N4OS2. The Morgan fingerprint density at radius 3 is 2.74 bits per heavy atom. The van der Waals surface area contributed by atoms with Crippen LogP contribution < -0.4 is 10.3 Å². The lowest BCUT2D eigenvalue weighted by Crippen LogP contribution is -2.19. The molecule has 0 unspecified atom stereocenters. The van der Waals surface area contributed by atoms with Crippen LogP contribution in [0.4, 0.5) is 5.69 Å². The van der Waals surface area contributed by atoms with Crippen LogP contribution in [0.15, 0.2) is 58.0 Å². The number of thioether (sulfide) groups is 1. The third-order valence-corrected chi connectivity index (χ3v) is 6.55. The van der Waals surface area contributed by atoms with Crippen molar-refractivity contribution in [3.05, 3.63) is 54.1 Å². The van der Waals surface area contributed by atoms with Gasteiger partial charge in [0.25, 0.3) is 5.91 Å². The number of anilines is 1. The number of hydrogen-bond acceptors (Lipinski definition) is 6. The van der Waals surface area contributed by atoms with E-state index >= 15 is 0 Å². The van der Waals surface area contributed by atoms with Crippen molar-refractivity contribution >= 4 is 51.1 Å². The van der Waals surface area contributed by atoms with Crippen molar-refractivity contribution in [1.82, 2.24) is 10.4 Å². The smallest absolute Gasteiger partial charge is 0.250 e. The molecule has 4 rings (SSSR count). The topological polar surface area (TPSA) is 57.6 Å². The van der Waals surface area contributed by atoms with Gasteiger partial charge in [0.2, 0.25) is 0 Å². The lowest BCUT2D eigenvalue weighted by atomic mass is 10.2. The zero-order valence-corrected chi connectivity index (χ0v) is 16.4. The molecule has 2 heterocycles. The number of rotatable bonds is 6. The highest BCUT2D eigenvalue weighted by Gasteiger charge is 2.11. The number of carbonyl (C=O) groups is 1. The molecule has 0 aliphatic carbocycles. The third-order valence-electron chi connectivity index (χ3n) is 4.37. The molecule has 2 aromatic carbocycles. The number of para-hydroxylation sites is 1. The molecule has 1 aliphatic rings. The fraction of sp³-hybridized carbons (Fsp3) is 0.250. The van der Waals surface area contributed by atoms with Crippen molar-refractivity contribution in [2.75, 3.05) is 23.7 Å². The fourth-order valence-electron chi connectivity index (χ4n) is 3.00. The van der Waals surface area contributed by atoms with Crippen molar-refractivity contribution < 1.29 is 4.79 Å². The minimum absolute atomic E-state index is 0.135. The lowest BCUT2D eigenvalue weighted by molar-refractivity contribution is -0.118. The maximum absolute atomic E-state index is 12.0. The molecule has 7 heteroatoms. The van der Waals surface area contributed by atoms with Gasteiger partial charge in [0, 0.05) is 18.8 Å². The second-order valence-corrected chi connectivity index (χ2v) is 8.57. The number of carbonyl (C=O) groups excluding carboxylic acids is 1. The Morgan fingerprint density at radius 2 is 1.96 bits per heavy atom. The van der Waals surface area contributed by atoms with Gasteiger partial charge in [-0.25, -0.2) is 10.4 Å². The molecule has 0 bridgehead atoms. The van der Waals surface area contributed by atoms with E-state index in [-0.39, 0.29) is 5.91 Å². The first-order valence-corrected chi connectivity index (χ1v) is 10.7. The quantitative estimate of drug-likeness (QED) is 0.386. The van der Waals surface area contributed by atoms with Crippen LogP contribution in [0.1, 0.15) is 18.4 Å². The molecule has 0 atom stereocenters. The van der Waals surface area contributed by atoms with Crippen LogP contribution in [0.5, 0.6) is 0 Å². The molecule has 138 valence electrons. The van der Waals surface area contributed by atoms with Crippen LogP contribution in [0, 0.1) is 0 Å². The second kappa shape index (κ2) is 8.54. The highest BCUT2D eigenvalue weighted by molar-refractivity contribution is 8.01. The first-order chi connectivity index (χ1) is 13.3. The summed E-state index contributed by atoms with van der Waals surface area (Å²) < 4.78 is 2.03. The number of nitrogens with zero attached hydrogens (tertiary/aromatic N) is 3. The van der Waals surface area contributed by atoms with Gasteiger partial charge >= 0.3 is 0 Å². The number of fused-ring (bicyclic) bond motifs is 1. The van der Waals surface area contributed by atoms with Crippen molar-refractivity contribution in [2.24, 2.45) is 5.10 Å². The normalized spacial score (nSPS) is 14.3. The predicted molar refractivity (Wildman–Crippen MR) is 114 cm³/mol. The average molecular weight is 397 g/mol. The van der Waals surface area contributed by atoms with Crippen LogP contribution in [0.3, 0.4) is 0 Å². The Kier molecular flexibility index (Phi) is 5.69. The number of thiazole rings is 1. The Labute approximate surface area is 166 Å². The molecule has 5 nitrogen and oxygen atoms in total. The van der Waals surface area contributed by atoms with E-state index in [1.165, 1.54) is 30.3 Å². The Balaban J connectivity index is 1.25. The summed E-state index contributed by atoms with van der Waals surface area (Å²) in [6.07, 6.45) is 4.21. The standard InChI is InChI=1S/C20H20N4OS2/c25-19(14-26-20-22-17-5-1-2-6-18(17)27-20)23-21-13-15-7-9-16(10-8-15)24-11-3-4-12-24/h1-2,5-10,13H,3-4,11-12,14H2,(H,23,25). The maximum Gasteiger partial charge on any atom is 0.250 e.